The number of aromatic nitrogens is 4. The molecule has 27 heavy (non-hydrogen) atoms. The third kappa shape index (κ3) is 2.92. The molecule has 6 nitrogen and oxygen atoms in total. The summed E-state index contributed by atoms with van der Waals surface area (Å²) in [7, 11) is 0. The van der Waals surface area contributed by atoms with Crippen molar-refractivity contribution >= 4 is 22.8 Å². The molecule has 5 N–H and O–H groups in total. The van der Waals surface area contributed by atoms with Crippen LogP contribution in [-0.4, -0.2) is 19.9 Å². The number of imidazole rings is 1. The molecule has 0 spiro atoms. The Hall–Kier alpha value is -3.62. The van der Waals surface area contributed by atoms with Crippen molar-refractivity contribution in [2.24, 2.45) is 0 Å². The van der Waals surface area contributed by atoms with Gasteiger partial charge in [0.05, 0.1) is 5.69 Å². The Labute approximate surface area is 151 Å². The molecular formula is C18H13F3N6. The number of benzene rings is 2. The van der Waals surface area contributed by atoms with Gasteiger partial charge in [-0.1, -0.05) is 42.5 Å². The van der Waals surface area contributed by atoms with Gasteiger partial charge < -0.3 is 16.5 Å². The summed E-state index contributed by atoms with van der Waals surface area (Å²) in [5, 5.41) is 0. The standard InChI is InChI=1S/C18H13F3N6/c19-18(20,21)14-13-16(27-17(23)24-13)26-15(25-14)11-8-4-7-10(12(11)22)9-5-2-1-3-6-9/h1-8H,22H2,(H3,23,24,25,26,27). The maximum atomic E-state index is 13.5. The number of anilines is 2. The molecule has 2 aromatic carbocycles. The maximum Gasteiger partial charge on any atom is 0.435 e. The van der Waals surface area contributed by atoms with Crippen LogP contribution in [0.2, 0.25) is 0 Å². The number of nitrogens with two attached hydrogens (primary N) is 2. The first-order valence-corrected chi connectivity index (χ1v) is 7.89. The molecule has 0 bridgehead atoms. The van der Waals surface area contributed by atoms with Crippen molar-refractivity contribution in [1.29, 1.82) is 0 Å². The fourth-order valence-electron chi connectivity index (χ4n) is 2.87. The monoisotopic (exact) mass is 370 g/mol. The molecule has 0 radical (unpaired) electrons. The van der Waals surface area contributed by atoms with E-state index in [-0.39, 0.29) is 34.2 Å². The molecule has 0 fully saturated rings. The average molecular weight is 370 g/mol. The molecule has 0 aliphatic carbocycles. The van der Waals surface area contributed by atoms with Crippen LogP contribution in [0.25, 0.3) is 33.7 Å². The van der Waals surface area contributed by atoms with Gasteiger partial charge in [-0.3, -0.25) is 0 Å². The molecule has 2 heterocycles. The van der Waals surface area contributed by atoms with Crippen LogP contribution in [0, 0.1) is 0 Å². The van der Waals surface area contributed by atoms with Crippen LogP contribution >= 0.6 is 0 Å². The third-order valence-electron chi connectivity index (χ3n) is 4.07. The van der Waals surface area contributed by atoms with Gasteiger partial charge in [-0.15, -0.1) is 0 Å². The van der Waals surface area contributed by atoms with E-state index >= 15 is 0 Å². The summed E-state index contributed by atoms with van der Waals surface area (Å²) in [5.74, 6) is -0.343. The number of hydrogen-bond donors (Lipinski definition) is 3. The number of rotatable bonds is 2. The number of para-hydroxylation sites is 1. The highest BCUT2D eigenvalue weighted by Crippen LogP contribution is 2.37. The molecular weight excluding hydrogens is 357 g/mol. The molecule has 2 aromatic heterocycles. The van der Waals surface area contributed by atoms with Crippen molar-refractivity contribution in [3.05, 3.63) is 54.2 Å². The van der Waals surface area contributed by atoms with E-state index in [0.29, 0.717) is 5.56 Å². The number of nitrogen functional groups attached to an aromatic ring is 2. The summed E-state index contributed by atoms with van der Waals surface area (Å²) in [6, 6.07) is 14.3. The Morgan fingerprint density at radius 3 is 2.22 bits per heavy atom. The third-order valence-corrected chi connectivity index (χ3v) is 4.07. The number of nitrogens with one attached hydrogen (secondary N) is 1. The topological polar surface area (TPSA) is 106 Å². The van der Waals surface area contributed by atoms with E-state index in [1.165, 1.54) is 0 Å². The summed E-state index contributed by atoms with van der Waals surface area (Å²) in [4.78, 5) is 14.0. The van der Waals surface area contributed by atoms with Crippen LogP contribution in [0.3, 0.4) is 0 Å². The van der Waals surface area contributed by atoms with Crippen LogP contribution in [-0.2, 0) is 6.18 Å². The Kier molecular flexibility index (Phi) is 3.72. The first kappa shape index (κ1) is 16.8. The zero-order valence-corrected chi connectivity index (χ0v) is 13.7. The minimum absolute atomic E-state index is 0.170. The predicted octanol–water partition coefficient (Wildman–Crippen LogP) is 3.87. The second kappa shape index (κ2) is 5.97. The molecule has 136 valence electrons. The Bertz CT molecular complexity index is 1140. The molecule has 0 aliphatic rings. The van der Waals surface area contributed by atoms with Gasteiger partial charge in [-0.25, -0.2) is 9.97 Å². The SMILES string of the molecule is Nc1nc2nc(-c3cccc(-c4ccccc4)c3N)nc(C(F)(F)F)c2[nH]1. The lowest BCUT2D eigenvalue weighted by atomic mass is 10.00. The largest absolute Gasteiger partial charge is 0.435 e. The van der Waals surface area contributed by atoms with Gasteiger partial charge in [0, 0.05) is 11.1 Å². The summed E-state index contributed by atoms with van der Waals surface area (Å²) in [6.07, 6.45) is -4.71. The highest BCUT2D eigenvalue weighted by molar-refractivity contribution is 5.88. The number of aromatic amines is 1. The molecule has 0 saturated heterocycles. The Morgan fingerprint density at radius 1 is 0.815 bits per heavy atom. The minimum Gasteiger partial charge on any atom is -0.398 e. The van der Waals surface area contributed by atoms with E-state index in [2.05, 4.69) is 19.9 Å². The van der Waals surface area contributed by atoms with Crippen molar-refractivity contribution in [2.45, 2.75) is 6.18 Å². The second-order valence-electron chi connectivity index (χ2n) is 5.85. The minimum atomic E-state index is -4.71. The average Bonchev–Trinajstić information content (AvgIpc) is 3.01. The number of hydrogen-bond acceptors (Lipinski definition) is 5. The predicted molar refractivity (Wildman–Crippen MR) is 96.4 cm³/mol. The Morgan fingerprint density at radius 2 is 1.52 bits per heavy atom. The van der Waals surface area contributed by atoms with E-state index in [1.54, 1.807) is 18.2 Å². The number of H-pyrrole nitrogens is 1. The fraction of sp³-hybridized carbons (Fsp3) is 0.0556. The molecule has 0 aliphatic heterocycles. The van der Waals surface area contributed by atoms with Gasteiger partial charge >= 0.3 is 6.18 Å². The lowest BCUT2D eigenvalue weighted by Crippen LogP contribution is -2.11. The molecule has 0 amide bonds. The van der Waals surface area contributed by atoms with E-state index in [0.717, 1.165) is 5.56 Å². The van der Waals surface area contributed by atoms with Crippen molar-refractivity contribution in [3.8, 4) is 22.5 Å². The van der Waals surface area contributed by atoms with E-state index in [1.807, 2.05) is 30.3 Å². The normalized spacial score (nSPS) is 11.8. The van der Waals surface area contributed by atoms with E-state index in [9.17, 15) is 13.2 Å². The molecule has 0 saturated carbocycles. The van der Waals surface area contributed by atoms with Gasteiger partial charge in [0.2, 0.25) is 0 Å². The highest BCUT2D eigenvalue weighted by atomic mass is 19.4. The molecule has 0 unspecified atom stereocenters. The fourth-order valence-corrected chi connectivity index (χ4v) is 2.87. The summed E-state index contributed by atoms with van der Waals surface area (Å²) in [6.45, 7) is 0. The summed E-state index contributed by atoms with van der Waals surface area (Å²) >= 11 is 0. The highest BCUT2D eigenvalue weighted by Gasteiger charge is 2.37. The van der Waals surface area contributed by atoms with Crippen LogP contribution < -0.4 is 11.5 Å². The van der Waals surface area contributed by atoms with E-state index in [4.69, 9.17) is 11.5 Å². The maximum absolute atomic E-state index is 13.5. The van der Waals surface area contributed by atoms with Crippen LogP contribution in [0.4, 0.5) is 24.8 Å². The lowest BCUT2D eigenvalue weighted by molar-refractivity contribution is -0.139. The van der Waals surface area contributed by atoms with Crippen molar-refractivity contribution in [2.75, 3.05) is 11.5 Å². The van der Waals surface area contributed by atoms with Gasteiger partial charge in [-0.2, -0.15) is 18.2 Å². The van der Waals surface area contributed by atoms with Gasteiger partial charge in [0.25, 0.3) is 0 Å². The Balaban J connectivity index is 1.96. The van der Waals surface area contributed by atoms with Crippen LogP contribution in [0.5, 0.6) is 0 Å². The zero-order valence-electron chi connectivity index (χ0n) is 13.7. The molecule has 4 aromatic rings. The summed E-state index contributed by atoms with van der Waals surface area (Å²) in [5.41, 5.74) is 12.1. The molecule has 9 heteroatoms. The van der Waals surface area contributed by atoms with Gasteiger partial charge in [0.1, 0.15) is 5.52 Å². The number of alkyl halides is 3. The van der Waals surface area contributed by atoms with Crippen molar-refractivity contribution in [3.63, 3.8) is 0 Å². The lowest BCUT2D eigenvalue weighted by Gasteiger charge is -2.12. The summed E-state index contributed by atoms with van der Waals surface area (Å²) < 4.78 is 40.4. The van der Waals surface area contributed by atoms with Gasteiger partial charge in [-0.05, 0) is 11.6 Å². The first-order chi connectivity index (χ1) is 12.8. The smallest absolute Gasteiger partial charge is 0.398 e. The molecule has 4 rings (SSSR count). The number of nitrogens with zero attached hydrogens (tertiary/aromatic N) is 3. The van der Waals surface area contributed by atoms with Crippen molar-refractivity contribution < 1.29 is 13.2 Å². The molecule has 0 atom stereocenters. The van der Waals surface area contributed by atoms with Crippen LogP contribution in [0.1, 0.15) is 5.69 Å². The first-order valence-electron chi connectivity index (χ1n) is 7.89. The number of halogens is 3. The van der Waals surface area contributed by atoms with E-state index < -0.39 is 11.9 Å². The quantitative estimate of drug-likeness (QED) is 0.465. The van der Waals surface area contributed by atoms with Gasteiger partial charge in [0.15, 0.2) is 23.1 Å². The van der Waals surface area contributed by atoms with Crippen molar-refractivity contribution in [1.82, 2.24) is 19.9 Å². The second-order valence-corrected chi connectivity index (χ2v) is 5.85. The zero-order chi connectivity index (χ0) is 19.2. The van der Waals surface area contributed by atoms with Crippen LogP contribution in [0.15, 0.2) is 48.5 Å². The number of fused-ring (bicyclic) bond motifs is 1.